The number of ether oxygens (including phenoxy) is 1. The number of carbonyl (C=O) groups is 2. The van der Waals surface area contributed by atoms with Crippen LogP contribution in [0.2, 0.25) is 0 Å². The molecule has 28 heavy (non-hydrogen) atoms. The molecule has 5 nitrogen and oxygen atoms in total. The first-order valence-corrected chi connectivity index (χ1v) is 10.5. The van der Waals surface area contributed by atoms with Gasteiger partial charge in [0, 0.05) is 12.2 Å². The molecule has 4 rings (SSSR count). The van der Waals surface area contributed by atoms with Crippen molar-refractivity contribution in [2.45, 2.75) is 38.3 Å². The van der Waals surface area contributed by atoms with E-state index in [9.17, 15) is 9.59 Å². The third kappa shape index (κ3) is 4.12. The number of aromatic nitrogens is 1. The number of fused-ring (bicyclic) bond motifs is 1. The van der Waals surface area contributed by atoms with Crippen LogP contribution in [0.25, 0.3) is 0 Å². The molecular formula is C22H23BrN2O3. The van der Waals surface area contributed by atoms with E-state index in [1.54, 1.807) is 4.90 Å². The van der Waals surface area contributed by atoms with Gasteiger partial charge in [0.05, 0.1) is 12.5 Å². The lowest BCUT2D eigenvalue weighted by atomic mass is 9.90. The van der Waals surface area contributed by atoms with Crippen molar-refractivity contribution in [2.24, 2.45) is 11.8 Å². The van der Waals surface area contributed by atoms with Gasteiger partial charge in [0.1, 0.15) is 11.2 Å². The van der Waals surface area contributed by atoms with Gasteiger partial charge in [0.25, 0.3) is 0 Å². The highest BCUT2D eigenvalue weighted by molar-refractivity contribution is 9.10. The van der Waals surface area contributed by atoms with Gasteiger partial charge in [-0.3, -0.25) is 9.69 Å². The van der Waals surface area contributed by atoms with Crippen molar-refractivity contribution in [1.82, 2.24) is 9.88 Å². The lowest BCUT2D eigenvalue weighted by Crippen LogP contribution is -2.44. The summed E-state index contributed by atoms with van der Waals surface area (Å²) in [6, 6.07) is 14.8. The topological polar surface area (TPSA) is 59.5 Å². The number of nitrogens with zero attached hydrogens (tertiary/aromatic N) is 2. The standard InChI is InChI=1S/C22H23BrN2O3/c23-20-11-5-9-17(24-20)12-19(26)21-18-10-4-8-16(18)13-25(21)22(27)28-14-15-6-2-1-3-7-15/h1-3,5-7,9,11,16,18,21H,4,8,10,12-14H2/t16-,18-,21+/m1/s1. The highest BCUT2D eigenvalue weighted by Crippen LogP contribution is 2.43. The van der Waals surface area contributed by atoms with E-state index in [-0.39, 0.29) is 30.8 Å². The van der Waals surface area contributed by atoms with E-state index in [0.29, 0.717) is 17.1 Å². The third-order valence-corrected chi connectivity index (χ3v) is 6.23. The van der Waals surface area contributed by atoms with Crippen LogP contribution in [0.5, 0.6) is 0 Å². The number of rotatable bonds is 5. The normalized spacial score (nSPS) is 23.5. The van der Waals surface area contributed by atoms with Crippen LogP contribution < -0.4 is 0 Å². The zero-order valence-electron chi connectivity index (χ0n) is 15.6. The van der Waals surface area contributed by atoms with Gasteiger partial charge in [0.2, 0.25) is 0 Å². The van der Waals surface area contributed by atoms with E-state index in [0.717, 1.165) is 30.5 Å². The van der Waals surface area contributed by atoms with Crippen LogP contribution in [0.3, 0.4) is 0 Å². The van der Waals surface area contributed by atoms with Crippen LogP contribution in [0.4, 0.5) is 4.79 Å². The second-order valence-electron chi connectivity index (χ2n) is 7.59. The Balaban J connectivity index is 1.47. The number of pyridine rings is 1. The summed E-state index contributed by atoms with van der Waals surface area (Å²) in [5, 5.41) is 0. The first kappa shape index (κ1) is 19.1. The van der Waals surface area contributed by atoms with Crippen molar-refractivity contribution >= 4 is 27.8 Å². The number of likely N-dealkylation sites (tertiary alicyclic amines) is 1. The van der Waals surface area contributed by atoms with Gasteiger partial charge >= 0.3 is 6.09 Å². The molecular weight excluding hydrogens is 420 g/mol. The number of hydrogen-bond acceptors (Lipinski definition) is 4. The van der Waals surface area contributed by atoms with Crippen molar-refractivity contribution in [2.75, 3.05) is 6.54 Å². The second kappa shape index (κ2) is 8.43. The third-order valence-electron chi connectivity index (χ3n) is 5.79. The van der Waals surface area contributed by atoms with Crippen LogP contribution >= 0.6 is 15.9 Å². The summed E-state index contributed by atoms with van der Waals surface area (Å²) in [5.74, 6) is 0.689. The Morgan fingerprint density at radius 2 is 1.93 bits per heavy atom. The Kier molecular flexibility index (Phi) is 5.76. The number of Topliss-reactive ketones (excluding diaryl/α,β-unsaturated/α-hetero) is 1. The number of ketones is 1. The molecule has 1 aliphatic heterocycles. The lowest BCUT2D eigenvalue weighted by molar-refractivity contribution is -0.123. The molecule has 2 fully saturated rings. The number of carbonyl (C=O) groups excluding carboxylic acids is 2. The van der Waals surface area contributed by atoms with E-state index in [4.69, 9.17) is 4.74 Å². The molecule has 146 valence electrons. The van der Waals surface area contributed by atoms with E-state index < -0.39 is 6.04 Å². The van der Waals surface area contributed by atoms with Crippen LogP contribution in [0.15, 0.2) is 53.1 Å². The molecule has 1 saturated carbocycles. The van der Waals surface area contributed by atoms with Crippen LogP contribution in [0, 0.1) is 11.8 Å². The van der Waals surface area contributed by atoms with Crippen molar-refractivity contribution in [1.29, 1.82) is 0 Å². The minimum atomic E-state index is -0.406. The van der Waals surface area contributed by atoms with Gasteiger partial charge in [-0.1, -0.05) is 42.8 Å². The number of hydrogen-bond donors (Lipinski definition) is 0. The van der Waals surface area contributed by atoms with Crippen LogP contribution in [0.1, 0.15) is 30.5 Å². The van der Waals surface area contributed by atoms with Crippen molar-refractivity contribution < 1.29 is 14.3 Å². The summed E-state index contributed by atoms with van der Waals surface area (Å²) >= 11 is 3.35. The molecule has 1 aromatic heterocycles. The van der Waals surface area contributed by atoms with E-state index in [2.05, 4.69) is 20.9 Å². The first-order valence-electron chi connectivity index (χ1n) is 9.73. The molecule has 6 heteroatoms. The van der Waals surface area contributed by atoms with Crippen LogP contribution in [-0.2, 0) is 22.6 Å². The van der Waals surface area contributed by atoms with Gasteiger partial charge in [-0.15, -0.1) is 0 Å². The summed E-state index contributed by atoms with van der Waals surface area (Å²) in [4.78, 5) is 32.0. The fraction of sp³-hybridized carbons (Fsp3) is 0.409. The molecule has 1 amide bonds. The monoisotopic (exact) mass is 442 g/mol. The molecule has 0 spiro atoms. The molecule has 0 radical (unpaired) electrons. The molecule has 0 N–H and O–H groups in total. The molecule has 0 bridgehead atoms. The maximum atomic E-state index is 13.2. The number of halogens is 1. The Hall–Kier alpha value is -2.21. The first-order chi connectivity index (χ1) is 13.6. The van der Waals surface area contributed by atoms with Gasteiger partial charge in [-0.05, 0) is 58.3 Å². The van der Waals surface area contributed by atoms with Gasteiger partial charge < -0.3 is 4.74 Å². The zero-order valence-corrected chi connectivity index (χ0v) is 17.2. The predicted octanol–water partition coefficient (Wildman–Crippen LogP) is 4.39. The van der Waals surface area contributed by atoms with Crippen molar-refractivity contribution in [3.8, 4) is 0 Å². The predicted molar refractivity (Wildman–Crippen MR) is 109 cm³/mol. The quantitative estimate of drug-likeness (QED) is 0.644. The maximum Gasteiger partial charge on any atom is 0.410 e. The molecule has 2 heterocycles. The summed E-state index contributed by atoms with van der Waals surface area (Å²) < 4.78 is 6.25. The molecule has 1 saturated heterocycles. The molecule has 0 unspecified atom stereocenters. The Morgan fingerprint density at radius 3 is 2.71 bits per heavy atom. The van der Waals surface area contributed by atoms with E-state index in [1.165, 1.54) is 0 Å². The molecule has 3 atom stereocenters. The Bertz CT molecular complexity index is 858. The molecule has 2 aliphatic rings. The van der Waals surface area contributed by atoms with Gasteiger partial charge in [-0.25, -0.2) is 9.78 Å². The highest BCUT2D eigenvalue weighted by Gasteiger charge is 2.49. The summed E-state index contributed by atoms with van der Waals surface area (Å²) in [7, 11) is 0. The molecule has 2 aromatic rings. The fourth-order valence-electron chi connectivity index (χ4n) is 4.54. The Morgan fingerprint density at radius 1 is 1.11 bits per heavy atom. The average molecular weight is 443 g/mol. The molecule has 1 aromatic carbocycles. The van der Waals surface area contributed by atoms with Gasteiger partial charge in [0.15, 0.2) is 5.78 Å². The van der Waals surface area contributed by atoms with E-state index >= 15 is 0 Å². The lowest BCUT2D eigenvalue weighted by Gasteiger charge is -2.26. The minimum absolute atomic E-state index is 0.0525. The highest BCUT2D eigenvalue weighted by atomic mass is 79.9. The maximum absolute atomic E-state index is 13.2. The van der Waals surface area contributed by atoms with Crippen molar-refractivity contribution in [3.05, 3.63) is 64.4 Å². The summed E-state index contributed by atoms with van der Waals surface area (Å²) in [6.45, 7) is 0.834. The zero-order chi connectivity index (χ0) is 19.5. The summed E-state index contributed by atoms with van der Waals surface area (Å²) in [6.07, 6.45) is 3.04. The SMILES string of the molecule is O=C(Cc1cccc(Br)n1)[C@@H]1[C@@H]2CCC[C@@H]2CN1C(=O)OCc1ccccc1. The second-order valence-corrected chi connectivity index (χ2v) is 8.40. The average Bonchev–Trinajstić information content (AvgIpc) is 3.28. The van der Waals surface area contributed by atoms with Crippen LogP contribution in [-0.4, -0.2) is 34.3 Å². The van der Waals surface area contributed by atoms with Gasteiger partial charge in [-0.2, -0.15) is 0 Å². The van der Waals surface area contributed by atoms with E-state index in [1.807, 2.05) is 48.5 Å². The summed E-state index contributed by atoms with van der Waals surface area (Å²) in [5.41, 5.74) is 1.66. The number of benzene rings is 1. The fourth-order valence-corrected chi connectivity index (χ4v) is 4.92. The van der Waals surface area contributed by atoms with Crippen molar-refractivity contribution in [3.63, 3.8) is 0 Å². The smallest absolute Gasteiger partial charge is 0.410 e. The molecule has 1 aliphatic carbocycles. The number of amides is 1. The largest absolute Gasteiger partial charge is 0.445 e. The minimum Gasteiger partial charge on any atom is -0.445 e. The Labute approximate surface area is 173 Å².